The third-order valence-electron chi connectivity index (χ3n) is 5.06. The average Bonchev–Trinajstić information content (AvgIpc) is 2.78. The van der Waals surface area contributed by atoms with E-state index in [9.17, 15) is 19.5 Å². The van der Waals surface area contributed by atoms with E-state index in [1.165, 1.54) is 16.3 Å². The molecule has 192 valence electrons. The Morgan fingerprint density at radius 2 is 1.63 bits per heavy atom. The number of carboxylic acids is 1. The molecule has 35 heavy (non-hydrogen) atoms. The van der Waals surface area contributed by atoms with Crippen molar-refractivity contribution in [2.45, 2.75) is 71.2 Å². The maximum atomic E-state index is 12.4. The van der Waals surface area contributed by atoms with Crippen molar-refractivity contribution in [3.8, 4) is 0 Å². The zero-order valence-corrected chi connectivity index (χ0v) is 21.0. The third-order valence-corrected chi connectivity index (χ3v) is 5.06. The maximum Gasteiger partial charge on any atom is 0.338 e. The van der Waals surface area contributed by atoms with E-state index < -0.39 is 42.3 Å². The second-order valence-corrected chi connectivity index (χ2v) is 9.19. The molecular weight excluding hydrogens is 452 g/mol. The van der Waals surface area contributed by atoms with Crippen LogP contribution in [0.15, 0.2) is 42.5 Å². The van der Waals surface area contributed by atoms with Crippen LogP contribution in [0, 0.1) is 0 Å². The minimum Gasteiger partial charge on any atom is -0.479 e. The SMILES string of the molecule is CCOC(=O)[C@H](OCCCCCc1ccc2ccccc2c1)[C@@H](OCC(=O)OC(C)(C)C)C(=O)O. The van der Waals surface area contributed by atoms with Gasteiger partial charge in [-0.25, -0.2) is 14.4 Å². The van der Waals surface area contributed by atoms with E-state index in [0.29, 0.717) is 6.42 Å². The normalized spacial score (nSPS) is 13.3. The molecule has 8 nitrogen and oxygen atoms in total. The number of aryl methyl sites for hydroxylation is 1. The fourth-order valence-corrected chi connectivity index (χ4v) is 3.53. The first-order chi connectivity index (χ1) is 16.6. The lowest BCUT2D eigenvalue weighted by Crippen LogP contribution is -2.46. The van der Waals surface area contributed by atoms with Gasteiger partial charge in [-0.3, -0.25) is 0 Å². The minimum absolute atomic E-state index is 0.0584. The molecule has 2 rings (SSSR count). The molecule has 0 aliphatic heterocycles. The average molecular weight is 489 g/mol. The highest BCUT2D eigenvalue weighted by Gasteiger charge is 2.37. The molecule has 0 bridgehead atoms. The minimum atomic E-state index is -1.70. The number of fused-ring (bicyclic) bond motifs is 1. The smallest absolute Gasteiger partial charge is 0.338 e. The fourth-order valence-electron chi connectivity index (χ4n) is 3.53. The number of aliphatic carboxylic acids is 1. The number of carboxylic acid groups (broad SMARTS) is 1. The largest absolute Gasteiger partial charge is 0.479 e. The van der Waals surface area contributed by atoms with Crippen LogP contribution >= 0.6 is 0 Å². The number of esters is 2. The molecule has 0 fully saturated rings. The van der Waals surface area contributed by atoms with Gasteiger partial charge in [-0.2, -0.15) is 0 Å². The van der Waals surface area contributed by atoms with Crippen molar-refractivity contribution < 1.29 is 38.4 Å². The summed E-state index contributed by atoms with van der Waals surface area (Å²) >= 11 is 0. The van der Waals surface area contributed by atoms with Crippen molar-refractivity contribution in [3.05, 3.63) is 48.0 Å². The van der Waals surface area contributed by atoms with E-state index in [4.69, 9.17) is 18.9 Å². The van der Waals surface area contributed by atoms with Crippen molar-refractivity contribution in [1.82, 2.24) is 0 Å². The summed E-state index contributed by atoms with van der Waals surface area (Å²) in [5.41, 5.74) is 0.499. The molecule has 0 aliphatic carbocycles. The van der Waals surface area contributed by atoms with Crippen LogP contribution in [0.3, 0.4) is 0 Å². The van der Waals surface area contributed by atoms with Gasteiger partial charge in [-0.1, -0.05) is 48.9 Å². The maximum absolute atomic E-state index is 12.4. The molecule has 0 radical (unpaired) electrons. The molecule has 0 aliphatic rings. The Morgan fingerprint density at radius 1 is 0.914 bits per heavy atom. The number of unbranched alkanes of at least 4 members (excludes halogenated alkanes) is 2. The number of hydrogen-bond acceptors (Lipinski definition) is 7. The second-order valence-electron chi connectivity index (χ2n) is 9.19. The van der Waals surface area contributed by atoms with Gasteiger partial charge in [0.2, 0.25) is 0 Å². The van der Waals surface area contributed by atoms with Crippen molar-refractivity contribution in [1.29, 1.82) is 0 Å². The number of ether oxygens (including phenoxy) is 4. The van der Waals surface area contributed by atoms with Crippen molar-refractivity contribution >= 4 is 28.7 Å². The highest BCUT2D eigenvalue weighted by molar-refractivity contribution is 5.85. The van der Waals surface area contributed by atoms with Gasteiger partial charge in [0.1, 0.15) is 12.2 Å². The van der Waals surface area contributed by atoms with Gasteiger partial charge in [0, 0.05) is 6.61 Å². The van der Waals surface area contributed by atoms with E-state index in [0.717, 1.165) is 19.3 Å². The lowest BCUT2D eigenvalue weighted by Gasteiger charge is -2.24. The van der Waals surface area contributed by atoms with Gasteiger partial charge in [0.05, 0.1) is 6.61 Å². The predicted octanol–water partition coefficient (Wildman–Crippen LogP) is 4.31. The quantitative estimate of drug-likeness (QED) is 0.310. The number of benzene rings is 2. The summed E-state index contributed by atoms with van der Waals surface area (Å²) in [6.07, 6.45) is 0.0990. The first-order valence-electron chi connectivity index (χ1n) is 11.9. The molecule has 0 saturated heterocycles. The molecule has 0 saturated carbocycles. The molecule has 2 aromatic rings. The lowest BCUT2D eigenvalue weighted by molar-refractivity contribution is -0.185. The molecule has 1 N–H and O–H groups in total. The first kappa shape index (κ1) is 28.3. The highest BCUT2D eigenvalue weighted by Crippen LogP contribution is 2.18. The van der Waals surface area contributed by atoms with Crippen molar-refractivity contribution in [2.75, 3.05) is 19.8 Å². The molecule has 0 amide bonds. The van der Waals surface area contributed by atoms with Crippen LogP contribution in [-0.4, -0.2) is 60.6 Å². The monoisotopic (exact) mass is 488 g/mol. The van der Waals surface area contributed by atoms with Crippen LogP contribution < -0.4 is 0 Å². The van der Waals surface area contributed by atoms with Gasteiger partial charge in [-0.05, 0) is 63.3 Å². The third kappa shape index (κ3) is 10.0. The molecule has 2 aromatic carbocycles. The van der Waals surface area contributed by atoms with Gasteiger partial charge in [-0.15, -0.1) is 0 Å². The molecule has 8 heteroatoms. The Labute approximate surface area is 206 Å². The molecule has 2 atom stereocenters. The van der Waals surface area contributed by atoms with Gasteiger partial charge in [0.25, 0.3) is 0 Å². The Hall–Kier alpha value is -2.97. The van der Waals surface area contributed by atoms with Crippen molar-refractivity contribution in [2.24, 2.45) is 0 Å². The zero-order chi connectivity index (χ0) is 25.8. The Kier molecular flexibility index (Phi) is 11.1. The summed E-state index contributed by atoms with van der Waals surface area (Å²) < 4.78 is 20.9. The molecular formula is C27H36O8. The summed E-state index contributed by atoms with van der Waals surface area (Å²) in [5.74, 6) is -3.01. The Balaban J connectivity index is 1.85. The zero-order valence-electron chi connectivity index (χ0n) is 21.0. The molecule has 0 heterocycles. The number of carbonyl (C=O) groups excluding carboxylic acids is 2. The summed E-state index contributed by atoms with van der Waals surface area (Å²) in [5, 5.41) is 12.0. The predicted molar refractivity (Wildman–Crippen MR) is 131 cm³/mol. The molecule has 0 aromatic heterocycles. The van der Waals surface area contributed by atoms with Gasteiger partial charge < -0.3 is 24.1 Å². The van der Waals surface area contributed by atoms with Crippen LogP contribution in [0.5, 0.6) is 0 Å². The van der Waals surface area contributed by atoms with E-state index in [2.05, 4.69) is 30.3 Å². The lowest BCUT2D eigenvalue weighted by atomic mass is 10.0. The van der Waals surface area contributed by atoms with Crippen LogP contribution in [0.1, 0.15) is 52.5 Å². The standard InChI is InChI=1S/C27H36O8/c1-5-32-26(31)24(23(25(29)30)34-18-22(28)35-27(2,3)4)33-16-10-6-7-11-19-14-15-20-12-8-9-13-21(20)17-19/h8-9,12-15,17,23-24H,5-7,10-11,16,18H2,1-4H3,(H,29,30)/t23-,24-/m1/s1. The summed E-state index contributed by atoms with van der Waals surface area (Å²) in [6.45, 7) is 6.25. The fraction of sp³-hybridized carbons (Fsp3) is 0.519. The number of carbonyl (C=O) groups is 3. The van der Waals surface area contributed by atoms with E-state index in [1.54, 1.807) is 27.7 Å². The highest BCUT2D eigenvalue weighted by atomic mass is 16.6. The van der Waals surface area contributed by atoms with Gasteiger partial charge in [0.15, 0.2) is 12.2 Å². The second kappa shape index (κ2) is 13.8. The van der Waals surface area contributed by atoms with Crippen LogP contribution in [0.2, 0.25) is 0 Å². The van der Waals surface area contributed by atoms with Gasteiger partial charge >= 0.3 is 17.9 Å². The summed E-state index contributed by atoms with van der Waals surface area (Å²) in [6, 6.07) is 14.6. The summed E-state index contributed by atoms with van der Waals surface area (Å²) in [7, 11) is 0. The van der Waals surface area contributed by atoms with Crippen molar-refractivity contribution in [3.63, 3.8) is 0 Å². The van der Waals surface area contributed by atoms with Crippen LogP contribution in [0.4, 0.5) is 0 Å². The summed E-state index contributed by atoms with van der Waals surface area (Å²) in [4.78, 5) is 36.1. The van der Waals surface area contributed by atoms with Crippen LogP contribution in [-0.2, 0) is 39.8 Å². The Morgan fingerprint density at radius 3 is 2.29 bits per heavy atom. The van der Waals surface area contributed by atoms with E-state index >= 15 is 0 Å². The topological polar surface area (TPSA) is 108 Å². The molecule has 0 spiro atoms. The first-order valence-corrected chi connectivity index (χ1v) is 11.9. The van der Waals surface area contributed by atoms with E-state index in [1.807, 2.05) is 12.1 Å². The Bertz CT molecular complexity index is 979. The van der Waals surface area contributed by atoms with E-state index in [-0.39, 0.29) is 13.2 Å². The number of rotatable bonds is 14. The van der Waals surface area contributed by atoms with Crippen LogP contribution in [0.25, 0.3) is 10.8 Å². The molecule has 0 unspecified atom stereocenters. The number of hydrogen-bond donors (Lipinski definition) is 1.